The molecule has 2 aliphatic rings. The van der Waals surface area contributed by atoms with Crippen LogP contribution >= 0.6 is 23.2 Å². The molecule has 0 radical (unpaired) electrons. The molecule has 42 heavy (non-hydrogen) atoms. The van der Waals surface area contributed by atoms with Gasteiger partial charge in [0.1, 0.15) is 0 Å². The van der Waals surface area contributed by atoms with Crippen molar-refractivity contribution in [3.63, 3.8) is 0 Å². The molecule has 2 heterocycles. The number of carbonyl (C=O) groups is 3. The Labute approximate surface area is 260 Å². The fraction of sp³-hybridized carbons (Fsp3) is 0.545. The van der Waals surface area contributed by atoms with E-state index < -0.39 is 0 Å². The number of piperidine rings is 2. The van der Waals surface area contributed by atoms with Gasteiger partial charge in [0.05, 0.1) is 6.42 Å². The first kappa shape index (κ1) is 32.3. The summed E-state index contributed by atoms with van der Waals surface area (Å²) in [5.74, 6) is 0.259. The Morgan fingerprint density at radius 2 is 1.60 bits per heavy atom. The molecule has 0 N–H and O–H groups in total. The van der Waals surface area contributed by atoms with Crippen LogP contribution in [-0.4, -0.2) is 84.3 Å². The quantitative estimate of drug-likeness (QED) is 0.337. The van der Waals surface area contributed by atoms with Crippen LogP contribution in [0.2, 0.25) is 10.0 Å². The summed E-state index contributed by atoms with van der Waals surface area (Å²) in [4.78, 5) is 46.8. The first-order valence-electron chi connectivity index (χ1n) is 15.3. The van der Waals surface area contributed by atoms with Crippen molar-refractivity contribution in [3.05, 3.63) is 63.6 Å². The van der Waals surface area contributed by atoms with E-state index in [1.54, 1.807) is 6.92 Å². The zero-order valence-electron chi connectivity index (χ0n) is 25.2. The number of hydrogen-bond donors (Lipinski definition) is 0. The van der Waals surface area contributed by atoms with Gasteiger partial charge >= 0.3 is 0 Å². The second-order valence-corrected chi connectivity index (χ2v) is 12.5. The van der Waals surface area contributed by atoms with E-state index in [0.29, 0.717) is 55.5 Å². The average molecular weight is 616 g/mol. The highest BCUT2D eigenvalue weighted by Gasteiger charge is 2.31. The van der Waals surface area contributed by atoms with E-state index in [2.05, 4.69) is 11.8 Å². The Balaban J connectivity index is 1.30. The Morgan fingerprint density at radius 1 is 0.929 bits per heavy atom. The second kappa shape index (κ2) is 15.2. The average Bonchev–Trinajstić information content (AvgIpc) is 2.99. The monoisotopic (exact) mass is 614 g/mol. The van der Waals surface area contributed by atoms with E-state index in [4.69, 9.17) is 23.2 Å². The van der Waals surface area contributed by atoms with Crippen LogP contribution in [0.25, 0.3) is 0 Å². The summed E-state index contributed by atoms with van der Waals surface area (Å²) in [6.45, 7) is 10.9. The van der Waals surface area contributed by atoms with Crippen molar-refractivity contribution >= 4 is 46.6 Å². The van der Waals surface area contributed by atoms with Gasteiger partial charge in [-0.2, -0.15) is 0 Å². The van der Waals surface area contributed by atoms with Crippen LogP contribution in [0.15, 0.2) is 42.5 Å². The normalized spacial score (nSPS) is 16.8. The fourth-order valence-electron chi connectivity index (χ4n) is 6.20. The summed E-state index contributed by atoms with van der Waals surface area (Å²) >= 11 is 12.5. The number of likely N-dealkylation sites (tertiary alicyclic amines) is 2. The zero-order valence-corrected chi connectivity index (χ0v) is 26.7. The van der Waals surface area contributed by atoms with Gasteiger partial charge in [-0.25, -0.2) is 0 Å². The van der Waals surface area contributed by atoms with Crippen molar-refractivity contribution in [1.29, 1.82) is 0 Å². The number of carbonyl (C=O) groups excluding carboxylic acids is 3. The highest BCUT2D eigenvalue weighted by atomic mass is 35.5. The predicted octanol–water partition coefficient (Wildman–Crippen LogP) is 5.84. The van der Waals surface area contributed by atoms with E-state index in [1.165, 1.54) is 0 Å². The second-order valence-electron chi connectivity index (χ2n) is 11.6. The third-order valence-electron chi connectivity index (χ3n) is 8.81. The van der Waals surface area contributed by atoms with Crippen molar-refractivity contribution in [2.45, 2.75) is 65.3 Å². The van der Waals surface area contributed by atoms with Crippen molar-refractivity contribution in [2.75, 3.05) is 50.7 Å². The van der Waals surface area contributed by atoms with Gasteiger partial charge < -0.3 is 19.6 Å². The predicted molar refractivity (Wildman–Crippen MR) is 170 cm³/mol. The molecule has 2 saturated heterocycles. The van der Waals surface area contributed by atoms with Gasteiger partial charge in [0.15, 0.2) is 0 Å². The maximum absolute atomic E-state index is 13.7. The first-order chi connectivity index (χ1) is 20.2. The third kappa shape index (κ3) is 8.48. The minimum atomic E-state index is -0.0955. The smallest absolute Gasteiger partial charge is 0.230 e. The number of benzene rings is 2. The van der Waals surface area contributed by atoms with Crippen molar-refractivity contribution in [3.8, 4) is 0 Å². The van der Waals surface area contributed by atoms with Crippen molar-refractivity contribution in [2.24, 2.45) is 5.92 Å². The van der Waals surface area contributed by atoms with Gasteiger partial charge in [0.25, 0.3) is 0 Å². The summed E-state index contributed by atoms with van der Waals surface area (Å²) in [6.07, 6.45) is 4.52. The third-order valence-corrected chi connectivity index (χ3v) is 9.47. The van der Waals surface area contributed by atoms with Crippen LogP contribution in [0.3, 0.4) is 0 Å². The van der Waals surface area contributed by atoms with Crippen LogP contribution in [-0.2, 0) is 20.8 Å². The molecule has 4 rings (SSSR count). The lowest BCUT2D eigenvalue weighted by Gasteiger charge is -2.38. The van der Waals surface area contributed by atoms with E-state index in [-0.39, 0.29) is 29.7 Å². The number of halogens is 2. The van der Waals surface area contributed by atoms with E-state index in [1.807, 2.05) is 64.1 Å². The van der Waals surface area contributed by atoms with E-state index >= 15 is 0 Å². The minimum Gasteiger partial charge on any atom is -0.343 e. The molecule has 7 nitrogen and oxygen atoms in total. The molecule has 2 fully saturated rings. The first-order valence-corrected chi connectivity index (χ1v) is 16.0. The van der Waals surface area contributed by atoms with Crippen LogP contribution in [0.5, 0.6) is 0 Å². The number of amides is 3. The lowest BCUT2D eigenvalue weighted by molar-refractivity contribution is -0.133. The summed E-state index contributed by atoms with van der Waals surface area (Å²) in [6, 6.07) is 13.6. The molecule has 2 aromatic rings. The maximum Gasteiger partial charge on any atom is 0.230 e. The summed E-state index contributed by atoms with van der Waals surface area (Å²) in [7, 11) is 0. The molecule has 228 valence electrons. The fourth-order valence-corrected chi connectivity index (χ4v) is 6.50. The molecule has 0 bridgehead atoms. The molecule has 9 heteroatoms. The standard InChI is InChI=1S/C33H44Cl2N4O3/c1-4-38(32(41)22-26-7-9-28(34)10-8-26)29-14-18-36(19-15-29)16-5-17-39(30-11-6-24(2)31(35)23-30)33(42)27-12-20-37(21-13-27)25(3)40/h6-11,23,27,29H,4-5,12-22H2,1-3H3. The van der Waals surface area contributed by atoms with Crippen molar-refractivity contribution in [1.82, 2.24) is 14.7 Å². The summed E-state index contributed by atoms with van der Waals surface area (Å²) in [5, 5.41) is 1.33. The van der Waals surface area contributed by atoms with Crippen LogP contribution in [0.4, 0.5) is 5.69 Å². The highest BCUT2D eigenvalue weighted by Crippen LogP contribution is 2.28. The lowest BCUT2D eigenvalue weighted by Crippen LogP contribution is -2.48. The Hall–Kier alpha value is -2.61. The van der Waals surface area contributed by atoms with Gasteiger partial charge in [-0.1, -0.05) is 41.4 Å². The highest BCUT2D eigenvalue weighted by molar-refractivity contribution is 6.31. The largest absolute Gasteiger partial charge is 0.343 e. The van der Waals surface area contributed by atoms with Crippen LogP contribution in [0.1, 0.15) is 57.1 Å². The molecule has 0 spiro atoms. The maximum atomic E-state index is 13.7. The number of aryl methyl sites for hydroxylation is 1. The summed E-state index contributed by atoms with van der Waals surface area (Å²) < 4.78 is 0. The SMILES string of the molecule is CCN(C(=O)Cc1ccc(Cl)cc1)C1CCN(CCCN(C(=O)C2CCN(C(C)=O)CC2)c2ccc(C)c(Cl)c2)CC1. The van der Waals surface area contributed by atoms with Gasteiger partial charge in [-0.05, 0) is 87.9 Å². The van der Waals surface area contributed by atoms with Crippen LogP contribution in [0, 0.1) is 12.8 Å². The number of hydrogen-bond acceptors (Lipinski definition) is 4. The molecular formula is C33H44Cl2N4O3. The molecule has 0 atom stereocenters. The molecule has 2 aliphatic heterocycles. The van der Waals surface area contributed by atoms with Crippen LogP contribution < -0.4 is 4.90 Å². The van der Waals surface area contributed by atoms with Gasteiger partial charge in [-0.15, -0.1) is 0 Å². The summed E-state index contributed by atoms with van der Waals surface area (Å²) in [5.41, 5.74) is 2.80. The number of anilines is 1. The number of nitrogens with zero attached hydrogens (tertiary/aromatic N) is 4. The van der Waals surface area contributed by atoms with Gasteiger partial charge in [0, 0.05) is 73.9 Å². The Morgan fingerprint density at radius 3 is 2.19 bits per heavy atom. The van der Waals surface area contributed by atoms with Crippen molar-refractivity contribution < 1.29 is 14.4 Å². The van der Waals surface area contributed by atoms with Gasteiger partial charge in [-0.3, -0.25) is 14.4 Å². The number of rotatable bonds is 10. The molecule has 0 aliphatic carbocycles. The molecule has 2 aromatic carbocycles. The molecule has 3 amide bonds. The lowest BCUT2D eigenvalue weighted by atomic mass is 9.94. The Bertz CT molecular complexity index is 1220. The Kier molecular flexibility index (Phi) is 11.7. The molecule has 0 unspecified atom stereocenters. The van der Waals surface area contributed by atoms with E-state index in [0.717, 1.165) is 55.7 Å². The zero-order chi connectivity index (χ0) is 30.2. The van der Waals surface area contributed by atoms with Gasteiger partial charge in [0.2, 0.25) is 17.7 Å². The number of likely N-dealkylation sites (N-methyl/N-ethyl adjacent to an activating group) is 1. The van der Waals surface area contributed by atoms with E-state index in [9.17, 15) is 14.4 Å². The molecule has 0 saturated carbocycles. The minimum absolute atomic E-state index is 0.0693. The molecular weight excluding hydrogens is 571 g/mol. The topological polar surface area (TPSA) is 64.2 Å². The molecule has 0 aromatic heterocycles.